The summed E-state index contributed by atoms with van der Waals surface area (Å²) in [4.78, 5) is 0. The fourth-order valence-electron chi connectivity index (χ4n) is 1.42. The van der Waals surface area contributed by atoms with E-state index in [-0.39, 0.29) is 0 Å². The minimum absolute atomic E-state index is 0.322. The molecule has 3 atom stereocenters. The molecule has 11 heavy (non-hydrogen) atoms. The Morgan fingerprint density at radius 3 is 2.27 bits per heavy atom. The zero-order valence-corrected chi connectivity index (χ0v) is 8.01. The first-order chi connectivity index (χ1) is 5.11. The molecule has 0 aromatic carbocycles. The largest absolute Gasteiger partial charge is 0.328 e. The van der Waals surface area contributed by atoms with Gasteiger partial charge in [-0.25, -0.2) is 0 Å². The van der Waals surface area contributed by atoms with Gasteiger partial charge in [0.25, 0.3) is 0 Å². The minimum Gasteiger partial charge on any atom is -0.328 e. The quantitative estimate of drug-likeness (QED) is 0.607. The molecule has 0 spiro atoms. The number of hydrogen-bond donors (Lipinski definition) is 1. The van der Waals surface area contributed by atoms with Crippen LogP contribution in [0.5, 0.6) is 0 Å². The van der Waals surface area contributed by atoms with Crippen LogP contribution in [-0.4, -0.2) is 6.04 Å². The predicted octanol–water partition coefficient (Wildman–Crippen LogP) is 2.57. The Kier molecular flexibility index (Phi) is 5.22. The molecule has 0 aromatic rings. The topological polar surface area (TPSA) is 26.0 Å². The molecule has 66 valence electrons. The second kappa shape index (κ2) is 5.36. The molecule has 2 unspecified atom stereocenters. The van der Waals surface area contributed by atoms with Gasteiger partial charge in [-0.3, -0.25) is 0 Å². The maximum Gasteiger partial charge on any atom is 0.00133 e. The van der Waals surface area contributed by atoms with E-state index in [4.69, 9.17) is 5.73 Å². The van der Waals surface area contributed by atoms with E-state index in [1.165, 1.54) is 6.42 Å². The average Bonchev–Trinajstić information content (AvgIpc) is 1.98. The van der Waals surface area contributed by atoms with Crippen molar-refractivity contribution >= 4 is 0 Å². The van der Waals surface area contributed by atoms with Crippen LogP contribution in [0.25, 0.3) is 0 Å². The van der Waals surface area contributed by atoms with Crippen LogP contribution in [0, 0.1) is 11.8 Å². The summed E-state index contributed by atoms with van der Waals surface area (Å²) in [7, 11) is 0. The van der Waals surface area contributed by atoms with Crippen molar-refractivity contribution in [2.75, 3.05) is 0 Å². The van der Waals surface area contributed by atoms with Gasteiger partial charge in [-0.2, -0.15) is 0 Å². The number of allylic oxidation sites excluding steroid dienone is 1. The first kappa shape index (κ1) is 10.7. The number of nitrogens with two attached hydrogens (primary N) is 1. The highest BCUT2D eigenvalue weighted by Crippen LogP contribution is 2.20. The van der Waals surface area contributed by atoms with Crippen molar-refractivity contribution in [3.8, 4) is 0 Å². The van der Waals surface area contributed by atoms with E-state index in [0.717, 1.165) is 6.42 Å². The molecule has 1 nitrogen and oxygen atoms in total. The lowest BCUT2D eigenvalue weighted by atomic mass is 9.87. The Hall–Kier alpha value is -0.300. The van der Waals surface area contributed by atoms with Gasteiger partial charge in [-0.1, -0.05) is 26.3 Å². The number of hydrogen-bond acceptors (Lipinski definition) is 1. The number of rotatable bonds is 5. The van der Waals surface area contributed by atoms with Crippen LogP contribution in [0.15, 0.2) is 12.7 Å². The van der Waals surface area contributed by atoms with E-state index in [2.05, 4.69) is 27.4 Å². The Morgan fingerprint density at radius 2 is 2.00 bits per heavy atom. The smallest absolute Gasteiger partial charge is 0.00133 e. The third-order valence-electron chi connectivity index (χ3n) is 2.31. The molecule has 0 aromatic heterocycles. The second-order valence-corrected chi connectivity index (χ2v) is 3.48. The summed E-state index contributed by atoms with van der Waals surface area (Å²) in [6.07, 6.45) is 4.34. The molecular formula is C10H21N. The lowest BCUT2D eigenvalue weighted by Crippen LogP contribution is -2.22. The average molecular weight is 155 g/mol. The van der Waals surface area contributed by atoms with Crippen molar-refractivity contribution < 1.29 is 0 Å². The van der Waals surface area contributed by atoms with Crippen molar-refractivity contribution in [3.63, 3.8) is 0 Å². The molecule has 1 heteroatoms. The minimum atomic E-state index is 0.322. The molecule has 0 rings (SSSR count). The fourth-order valence-corrected chi connectivity index (χ4v) is 1.42. The summed E-state index contributed by atoms with van der Waals surface area (Å²) in [6.45, 7) is 10.3. The van der Waals surface area contributed by atoms with Gasteiger partial charge < -0.3 is 5.73 Å². The summed E-state index contributed by atoms with van der Waals surface area (Å²) in [5.74, 6) is 1.32. The van der Waals surface area contributed by atoms with Crippen LogP contribution in [0.1, 0.15) is 33.6 Å². The summed E-state index contributed by atoms with van der Waals surface area (Å²) in [5, 5.41) is 0. The first-order valence-corrected chi connectivity index (χ1v) is 4.49. The van der Waals surface area contributed by atoms with Gasteiger partial charge in [0.15, 0.2) is 0 Å². The van der Waals surface area contributed by atoms with Crippen LogP contribution >= 0.6 is 0 Å². The summed E-state index contributed by atoms with van der Waals surface area (Å²) >= 11 is 0. The van der Waals surface area contributed by atoms with E-state index in [9.17, 15) is 0 Å². The molecule has 0 heterocycles. The lowest BCUT2D eigenvalue weighted by molar-refractivity contribution is 0.356. The fraction of sp³-hybridized carbons (Fsp3) is 0.800. The van der Waals surface area contributed by atoms with Gasteiger partial charge >= 0.3 is 0 Å². The first-order valence-electron chi connectivity index (χ1n) is 4.49. The molecule has 2 N–H and O–H groups in total. The summed E-state index contributed by atoms with van der Waals surface area (Å²) < 4.78 is 0. The van der Waals surface area contributed by atoms with Crippen molar-refractivity contribution in [1.29, 1.82) is 0 Å². The van der Waals surface area contributed by atoms with Crippen LogP contribution in [0.4, 0.5) is 0 Å². The van der Waals surface area contributed by atoms with Crippen LogP contribution in [-0.2, 0) is 0 Å². The van der Waals surface area contributed by atoms with Gasteiger partial charge in [0.05, 0.1) is 0 Å². The molecule has 0 aliphatic carbocycles. The molecule has 0 fully saturated rings. The van der Waals surface area contributed by atoms with Gasteiger partial charge in [0.1, 0.15) is 0 Å². The third-order valence-corrected chi connectivity index (χ3v) is 2.31. The molecule has 0 saturated carbocycles. The Balaban J connectivity index is 3.83. The van der Waals surface area contributed by atoms with Gasteiger partial charge in [-0.15, -0.1) is 6.58 Å². The van der Waals surface area contributed by atoms with Crippen LogP contribution in [0.3, 0.4) is 0 Å². The lowest BCUT2D eigenvalue weighted by Gasteiger charge is -2.21. The molecule has 0 aliphatic heterocycles. The van der Waals surface area contributed by atoms with Crippen molar-refractivity contribution in [3.05, 3.63) is 12.7 Å². The highest BCUT2D eigenvalue weighted by atomic mass is 14.6. The van der Waals surface area contributed by atoms with Crippen molar-refractivity contribution in [2.24, 2.45) is 17.6 Å². The summed E-state index contributed by atoms with van der Waals surface area (Å²) in [5.41, 5.74) is 5.73. The normalized spacial score (nSPS) is 18.9. The summed E-state index contributed by atoms with van der Waals surface area (Å²) in [6, 6.07) is 0.322. The van der Waals surface area contributed by atoms with Crippen molar-refractivity contribution in [1.82, 2.24) is 0 Å². The molecule has 0 amide bonds. The molecule has 0 aliphatic rings. The Labute approximate surface area is 70.7 Å². The predicted molar refractivity (Wildman–Crippen MR) is 51.4 cm³/mol. The Morgan fingerprint density at radius 1 is 1.45 bits per heavy atom. The maximum absolute atomic E-state index is 5.73. The van der Waals surface area contributed by atoms with Crippen LogP contribution in [0.2, 0.25) is 0 Å². The highest BCUT2D eigenvalue weighted by molar-refractivity contribution is 4.82. The standard InChI is InChI=1S/C10H21N/c1-5-8(3)10(6-2)7-9(4)11/h5,8-10H,1,6-7,11H2,2-4H3/t8?,9-,10?/m0/s1. The van der Waals surface area contributed by atoms with E-state index in [0.29, 0.717) is 17.9 Å². The third kappa shape index (κ3) is 4.20. The highest BCUT2D eigenvalue weighted by Gasteiger charge is 2.13. The molecule has 0 bridgehead atoms. The monoisotopic (exact) mass is 155 g/mol. The van der Waals surface area contributed by atoms with Crippen molar-refractivity contribution in [2.45, 2.75) is 39.7 Å². The van der Waals surface area contributed by atoms with E-state index < -0.39 is 0 Å². The Bertz CT molecular complexity index is 107. The zero-order chi connectivity index (χ0) is 8.85. The van der Waals surface area contributed by atoms with E-state index in [1.54, 1.807) is 0 Å². The maximum atomic E-state index is 5.73. The van der Waals surface area contributed by atoms with Crippen LogP contribution < -0.4 is 5.73 Å². The van der Waals surface area contributed by atoms with Gasteiger partial charge in [0, 0.05) is 6.04 Å². The molecular weight excluding hydrogens is 134 g/mol. The van der Waals surface area contributed by atoms with Gasteiger partial charge in [-0.05, 0) is 25.2 Å². The van der Waals surface area contributed by atoms with E-state index >= 15 is 0 Å². The molecule has 0 radical (unpaired) electrons. The zero-order valence-electron chi connectivity index (χ0n) is 8.01. The van der Waals surface area contributed by atoms with Gasteiger partial charge in [0.2, 0.25) is 0 Å². The van der Waals surface area contributed by atoms with E-state index in [1.807, 2.05) is 6.08 Å². The SMILES string of the molecule is C=CC(C)C(CC)C[C@H](C)N. The molecule has 0 saturated heterocycles. The second-order valence-electron chi connectivity index (χ2n) is 3.48.